The largest absolute Gasteiger partial charge is 0.573 e. The molecule has 176 valence electrons. The summed E-state index contributed by atoms with van der Waals surface area (Å²) in [5.41, 5.74) is 1.37. The van der Waals surface area contributed by atoms with Gasteiger partial charge in [0.2, 0.25) is 11.7 Å². The molecule has 4 rings (SSSR count). The second-order valence-electron chi connectivity index (χ2n) is 6.95. The zero-order valence-corrected chi connectivity index (χ0v) is 17.4. The minimum absolute atomic E-state index is 0.101. The van der Waals surface area contributed by atoms with E-state index in [1.807, 2.05) is 0 Å². The van der Waals surface area contributed by atoms with E-state index in [9.17, 15) is 18.0 Å². The molecule has 1 aromatic carbocycles. The standard InChI is InChI=1S/C22H17F3N4O5/c23-22(24,25)33-17-4-1-15(2-5-17)20-27-21(34-28-20)16-3-6-19(31)29(13-16)12-14-7-8-26-18(11-14)32-10-9-30/h1-8,11,13,30H,9-10,12H2. The van der Waals surface area contributed by atoms with Crippen LogP contribution in [0.15, 0.2) is 70.2 Å². The van der Waals surface area contributed by atoms with Crippen molar-refractivity contribution in [3.8, 4) is 34.5 Å². The molecule has 0 aliphatic heterocycles. The van der Waals surface area contributed by atoms with Gasteiger partial charge in [0.05, 0.1) is 18.7 Å². The molecule has 1 N–H and O–H groups in total. The lowest BCUT2D eigenvalue weighted by Gasteiger charge is -2.09. The number of ether oxygens (including phenoxy) is 2. The number of aliphatic hydroxyl groups excluding tert-OH is 1. The Morgan fingerprint density at radius 1 is 1.06 bits per heavy atom. The molecule has 0 unspecified atom stereocenters. The molecular weight excluding hydrogens is 457 g/mol. The number of pyridine rings is 2. The molecule has 0 saturated heterocycles. The fraction of sp³-hybridized carbons (Fsp3) is 0.182. The molecule has 0 radical (unpaired) electrons. The van der Waals surface area contributed by atoms with Gasteiger partial charge in [0.1, 0.15) is 12.4 Å². The zero-order valence-electron chi connectivity index (χ0n) is 17.4. The van der Waals surface area contributed by atoms with Gasteiger partial charge >= 0.3 is 6.36 Å². The third-order valence-electron chi connectivity index (χ3n) is 4.50. The van der Waals surface area contributed by atoms with E-state index in [1.165, 1.54) is 35.0 Å². The maximum atomic E-state index is 12.3. The van der Waals surface area contributed by atoms with E-state index in [2.05, 4.69) is 19.9 Å². The lowest BCUT2D eigenvalue weighted by Crippen LogP contribution is -2.19. The number of aromatic nitrogens is 4. The maximum absolute atomic E-state index is 12.3. The summed E-state index contributed by atoms with van der Waals surface area (Å²) in [5, 5.41) is 12.7. The molecule has 9 nitrogen and oxygen atoms in total. The van der Waals surface area contributed by atoms with E-state index in [0.29, 0.717) is 17.0 Å². The van der Waals surface area contributed by atoms with Gasteiger partial charge in [-0.1, -0.05) is 5.16 Å². The van der Waals surface area contributed by atoms with Gasteiger partial charge in [-0.25, -0.2) is 4.98 Å². The first-order chi connectivity index (χ1) is 16.3. The normalized spacial score (nSPS) is 11.4. The molecule has 0 spiro atoms. The Bertz CT molecular complexity index is 1320. The molecule has 0 aliphatic rings. The second-order valence-corrected chi connectivity index (χ2v) is 6.95. The Labute approximate surface area is 190 Å². The first kappa shape index (κ1) is 23.0. The van der Waals surface area contributed by atoms with E-state index in [0.717, 1.165) is 17.7 Å². The predicted octanol–water partition coefficient (Wildman–Crippen LogP) is 3.28. The molecule has 34 heavy (non-hydrogen) atoms. The Morgan fingerprint density at radius 2 is 1.82 bits per heavy atom. The molecule has 0 saturated carbocycles. The molecule has 0 fully saturated rings. The van der Waals surface area contributed by atoms with Crippen LogP contribution in [0.2, 0.25) is 0 Å². The van der Waals surface area contributed by atoms with Gasteiger partial charge in [-0.3, -0.25) is 4.79 Å². The second kappa shape index (κ2) is 9.75. The minimum atomic E-state index is -4.78. The Hall–Kier alpha value is -4.19. The van der Waals surface area contributed by atoms with Gasteiger partial charge in [-0.2, -0.15) is 4.98 Å². The van der Waals surface area contributed by atoms with E-state index in [4.69, 9.17) is 14.4 Å². The average molecular weight is 474 g/mol. The fourth-order valence-electron chi connectivity index (χ4n) is 3.02. The van der Waals surface area contributed by atoms with Gasteiger partial charge < -0.3 is 23.7 Å². The quantitative estimate of drug-likeness (QED) is 0.414. The van der Waals surface area contributed by atoms with Gasteiger partial charge in [-0.15, -0.1) is 13.2 Å². The highest BCUT2D eigenvalue weighted by molar-refractivity contribution is 5.59. The molecule has 4 aromatic rings. The van der Waals surface area contributed by atoms with Crippen molar-refractivity contribution < 1.29 is 32.3 Å². The fourth-order valence-corrected chi connectivity index (χ4v) is 3.02. The zero-order chi connectivity index (χ0) is 24.1. The summed E-state index contributed by atoms with van der Waals surface area (Å²) in [5.74, 6) is 0.240. The number of benzene rings is 1. The summed E-state index contributed by atoms with van der Waals surface area (Å²) < 4.78 is 52.8. The van der Waals surface area contributed by atoms with Crippen molar-refractivity contribution in [1.82, 2.24) is 19.7 Å². The van der Waals surface area contributed by atoms with Crippen LogP contribution in [-0.2, 0) is 6.54 Å². The molecule has 12 heteroatoms. The topological polar surface area (TPSA) is 113 Å². The highest BCUT2D eigenvalue weighted by Gasteiger charge is 2.31. The Kier molecular flexibility index (Phi) is 6.59. The first-order valence-corrected chi connectivity index (χ1v) is 9.90. The van der Waals surface area contributed by atoms with Crippen LogP contribution < -0.4 is 15.0 Å². The number of halogens is 3. The number of hydrogen-bond donors (Lipinski definition) is 1. The van der Waals surface area contributed by atoms with Crippen LogP contribution in [-0.4, -0.2) is 44.4 Å². The van der Waals surface area contributed by atoms with Gasteiger partial charge in [-0.05, 0) is 42.0 Å². The van der Waals surface area contributed by atoms with Crippen molar-refractivity contribution in [2.24, 2.45) is 0 Å². The Balaban J connectivity index is 1.53. The van der Waals surface area contributed by atoms with Gasteiger partial charge in [0, 0.05) is 30.1 Å². The molecule has 0 bridgehead atoms. The van der Waals surface area contributed by atoms with Crippen molar-refractivity contribution in [3.63, 3.8) is 0 Å². The summed E-state index contributed by atoms with van der Waals surface area (Å²) >= 11 is 0. The van der Waals surface area contributed by atoms with Crippen molar-refractivity contribution in [1.29, 1.82) is 0 Å². The number of aliphatic hydroxyl groups is 1. The van der Waals surface area contributed by atoms with Crippen LogP contribution in [0.4, 0.5) is 13.2 Å². The molecule has 3 aromatic heterocycles. The SMILES string of the molecule is O=c1ccc(-c2nc(-c3ccc(OC(F)(F)F)cc3)no2)cn1Cc1ccnc(OCCO)c1. The van der Waals surface area contributed by atoms with Gasteiger partial charge in [0.15, 0.2) is 0 Å². The molecule has 3 heterocycles. The summed E-state index contributed by atoms with van der Waals surface area (Å²) in [4.78, 5) is 20.7. The molecular formula is C22H17F3N4O5. The van der Waals surface area contributed by atoms with Crippen LogP contribution in [0, 0.1) is 0 Å². The lowest BCUT2D eigenvalue weighted by molar-refractivity contribution is -0.274. The van der Waals surface area contributed by atoms with E-state index in [-0.39, 0.29) is 42.8 Å². The van der Waals surface area contributed by atoms with Crippen molar-refractivity contribution in [2.45, 2.75) is 12.9 Å². The monoisotopic (exact) mass is 474 g/mol. The predicted molar refractivity (Wildman–Crippen MR) is 112 cm³/mol. The van der Waals surface area contributed by atoms with Crippen molar-refractivity contribution >= 4 is 0 Å². The summed E-state index contributed by atoms with van der Waals surface area (Å²) in [7, 11) is 0. The van der Waals surface area contributed by atoms with E-state index >= 15 is 0 Å². The minimum Gasteiger partial charge on any atom is -0.475 e. The summed E-state index contributed by atoms with van der Waals surface area (Å²) in [6, 6.07) is 11.3. The molecule has 0 aliphatic carbocycles. The number of nitrogens with zero attached hydrogens (tertiary/aromatic N) is 4. The van der Waals surface area contributed by atoms with Crippen LogP contribution in [0.5, 0.6) is 11.6 Å². The third-order valence-corrected chi connectivity index (χ3v) is 4.50. The van der Waals surface area contributed by atoms with Crippen LogP contribution in [0.25, 0.3) is 22.8 Å². The highest BCUT2D eigenvalue weighted by Crippen LogP contribution is 2.26. The maximum Gasteiger partial charge on any atom is 0.573 e. The molecule has 0 atom stereocenters. The smallest absolute Gasteiger partial charge is 0.475 e. The van der Waals surface area contributed by atoms with Crippen molar-refractivity contribution in [2.75, 3.05) is 13.2 Å². The van der Waals surface area contributed by atoms with E-state index in [1.54, 1.807) is 18.3 Å². The van der Waals surface area contributed by atoms with Crippen LogP contribution in [0.3, 0.4) is 0 Å². The Morgan fingerprint density at radius 3 is 2.56 bits per heavy atom. The van der Waals surface area contributed by atoms with Crippen LogP contribution >= 0.6 is 0 Å². The average Bonchev–Trinajstić information content (AvgIpc) is 3.29. The number of rotatable bonds is 8. The lowest BCUT2D eigenvalue weighted by atomic mass is 10.2. The number of hydrogen-bond acceptors (Lipinski definition) is 8. The molecule has 0 amide bonds. The van der Waals surface area contributed by atoms with Crippen LogP contribution in [0.1, 0.15) is 5.56 Å². The van der Waals surface area contributed by atoms with E-state index < -0.39 is 6.36 Å². The number of alkyl halides is 3. The third kappa shape index (κ3) is 5.78. The van der Waals surface area contributed by atoms with Gasteiger partial charge in [0.25, 0.3) is 11.4 Å². The summed E-state index contributed by atoms with van der Waals surface area (Å²) in [6.45, 7) is 0.168. The highest BCUT2D eigenvalue weighted by atomic mass is 19.4. The van der Waals surface area contributed by atoms with Crippen molar-refractivity contribution in [3.05, 3.63) is 76.8 Å². The summed E-state index contributed by atoms with van der Waals surface area (Å²) in [6.07, 6.45) is -1.70. The first-order valence-electron chi connectivity index (χ1n) is 9.90.